The molecule has 5 heteroatoms. The topological polar surface area (TPSA) is 46.2 Å². The molecule has 0 rings (SSSR count). The van der Waals surface area contributed by atoms with E-state index >= 15 is 0 Å². The van der Waals surface area contributed by atoms with Gasteiger partial charge in [0.1, 0.15) is 4.66 Å². The minimum absolute atomic E-state index is 0.0788. The number of halogens is 1. The highest BCUT2D eigenvalue weighted by atomic mass is 79.9. The normalized spacial score (nSPS) is 10.8. The molecule has 0 fully saturated rings. The number of hydrogen-bond acceptors (Lipinski definition) is 2. The largest absolute Gasteiger partial charge is 0.221 e. The van der Waals surface area contributed by atoms with Crippen molar-refractivity contribution in [2.24, 2.45) is 0 Å². The number of terminal acetylenes is 1. The Balaban J connectivity index is 3.61. The SMILES string of the molecule is C#CCCNS(=O)(=O)CBr. The first-order valence-corrected chi connectivity index (χ1v) is 5.36. The van der Waals surface area contributed by atoms with Crippen molar-refractivity contribution in [3.05, 3.63) is 0 Å². The van der Waals surface area contributed by atoms with E-state index in [2.05, 4.69) is 26.6 Å². The lowest BCUT2D eigenvalue weighted by molar-refractivity contribution is 0.588. The summed E-state index contributed by atoms with van der Waals surface area (Å²) in [6, 6.07) is 0. The van der Waals surface area contributed by atoms with E-state index in [0.717, 1.165) is 0 Å². The van der Waals surface area contributed by atoms with Gasteiger partial charge in [0, 0.05) is 13.0 Å². The van der Waals surface area contributed by atoms with E-state index in [0.29, 0.717) is 13.0 Å². The van der Waals surface area contributed by atoms with Gasteiger partial charge in [0.05, 0.1) is 0 Å². The molecule has 0 aromatic carbocycles. The molecule has 1 N–H and O–H groups in total. The third-order valence-corrected chi connectivity index (χ3v) is 3.47. The van der Waals surface area contributed by atoms with Gasteiger partial charge in [-0.15, -0.1) is 12.3 Å². The van der Waals surface area contributed by atoms with Crippen molar-refractivity contribution >= 4 is 26.0 Å². The smallest absolute Gasteiger partial charge is 0.214 e. The average molecular weight is 226 g/mol. The summed E-state index contributed by atoms with van der Waals surface area (Å²) in [4.78, 5) is 0. The summed E-state index contributed by atoms with van der Waals surface area (Å²) in [7, 11) is -3.12. The molecule has 0 saturated carbocycles. The van der Waals surface area contributed by atoms with Crippen molar-refractivity contribution in [1.29, 1.82) is 0 Å². The molecule has 0 aliphatic heterocycles. The van der Waals surface area contributed by atoms with Gasteiger partial charge in [-0.1, -0.05) is 15.9 Å². The molecule has 0 aliphatic rings. The Morgan fingerprint density at radius 3 is 2.60 bits per heavy atom. The first-order chi connectivity index (χ1) is 4.62. The van der Waals surface area contributed by atoms with Gasteiger partial charge in [0.25, 0.3) is 0 Å². The summed E-state index contributed by atoms with van der Waals surface area (Å²) in [6.07, 6.45) is 5.33. The number of rotatable bonds is 4. The fourth-order valence-corrected chi connectivity index (χ4v) is 1.29. The summed E-state index contributed by atoms with van der Waals surface area (Å²) in [5.74, 6) is 2.32. The maximum absolute atomic E-state index is 10.6. The van der Waals surface area contributed by atoms with E-state index in [4.69, 9.17) is 6.42 Å². The van der Waals surface area contributed by atoms with Crippen LogP contribution in [-0.2, 0) is 10.0 Å². The maximum Gasteiger partial charge on any atom is 0.221 e. The van der Waals surface area contributed by atoms with Crippen LogP contribution in [0, 0.1) is 12.3 Å². The zero-order valence-corrected chi connectivity index (χ0v) is 7.70. The minimum atomic E-state index is -3.12. The lowest BCUT2D eigenvalue weighted by Gasteiger charge is -1.98. The molecule has 10 heavy (non-hydrogen) atoms. The van der Waals surface area contributed by atoms with Crippen LogP contribution in [0.25, 0.3) is 0 Å². The van der Waals surface area contributed by atoms with E-state index in [1.165, 1.54) is 0 Å². The minimum Gasteiger partial charge on any atom is -0.214 e. The van der Waals surface area contributed by atoms with E-state index in [1.54, 1.807) is 0 Å². The van der Waals surface area contributed by atoms with Crippen molar-refractivity contribution < 1.29 is 8.42 Å². The first-order valence-electron chi connectivity index (χ1n) is 2.59. The second-order valence-corrected chi connectivity index (χ2v) is 4.68. The van der Waals surface area contributed by atoms with E-state index < -0.39 is 10.0 Å². The Labute approximate surface area is 69.4 Å². The van der Waals surface area contributed by atoms with Crippen LogP contribution >= 0.6 is 15.9 Å². The van der Waals surface area contributed by atoms with Crippen LogP contribution in [-0.4, -0.2) is 19.6 Å². The van der Waals surface area contributed by atoms with Crippen LogP contribution in [0.5, 0.6) is 0 Å². The molecule has 3 nitrogen and oxygen atoms in total. The quantitative estimate of drug-likeness (QED) is 0.425. The van der Waals surface area contributed by atoms with Gasteiger partial charge in [-0.3, -0.25) is 0 Å². The predicted octanol–water partition coefficient (Wildman–Crippen LogP) is 0.282. The van der Waals surface area contributed by atoms with Crippen molar-refractivity contribution in [2.45, 2.75) is 6.42 Å². The Bertz CT molecular complexity index is 216. The molecule has 0 amide bonds. The van der Waals surface area contributed by atoms with Gasteiger partial charge in [-0.25, -0.2) is 13.1 Å². The van der Waals surface area contributed by atoms with E-state index in [-0.39, 0.29) is 4.66 Å². The second-order valence-electron chi connectivity index (χ2n) is 1.57. The molecule has 0 bridgehead atoms. The molecule has 0 radical (unpaired) electrons. The van der Waals surface area contributed by atoms with Crippen LogP contribution in [0.3, 0.4) is 0 Å². The number of nitrogens with one attached hydrogen (secondary N) is 1. The fraction of sp³-hybridized carbons (Fsp3) is 0.600. The molecule has 0 heterocycles. The van der Waals surface area contributed by atoms with Crippen LogP contribution < -0.4 is 4.72 Å². The maximum atomic E-state index is 10.6. The molecule has 0 spiro atoms. The standard InChI is InChI=1S/C5H8BrNO2S/c1-2-3-4-7-10(8,9)5-6/h1,7H,3-5H2. The summed E-state index contributed by atoms with van der Waals surface area (Å²) >= 11 is 2.82. The number of sulfonamides is 1. The monoisotopic (exact) mass is 225 g/mol. The van der Waals surface area contributed by atoms with Crippen LogP contribution in [0.1, 0.15) is 6.42 Å². The van der Waals surface area contributed by atoms with Gasteiger partial charge in [0.2, 0.25) is 10.0 Å². The zero-order chi connectivity index (χ0) is 8.04. The molecular weight excluding hydrogens is 218 g/mol. The molecule has 0 saturated heterocycles. The second kappa shape index (κ2) is 4.72. The summed E-state index contributed by atoms with van der Waals surface area (Å²) in [5, 5.41) is 0. The first kappa shape index (κ1) is 9.95. The molecule has 0 aromatic rings. The van der Waals surface area contributed by atoms with E-state index in [1.807, 2.05) is 0 Å². The molecule has 0 unspecified atom stereocenters. The van der Waals surface area contributed by atoms with Crippen LogP contribution in [0.4, 0.5) is 0 Å². The third kappa shape index (κ3) is 4.79. The van der Waals surface area contributed by atoms with Gasteiger partial charge in [0.15, 0.2) is 0 Å². The lowest BCUT2D eigenvalue weighted by atomic mass is 10.5. The number of alkyl halides is 1. The Morgan fingerprint density at radius 2 is 2.20 bits per heavy atom. The zero-order valence-electron chi connectivity index (χ0n) is 5.30. The van der Waals surface area contributed by atoms with Gasteiger partial charge < -0.3 is 0 Å². The van der Waals surface area contributed by atoms with Crippen LogP contribution in [0.2, 0.25) is 0 Å². The van der Waals surface area contributed by atoms with Gasteiger partial charge in [-0.2, -0.15) is 0 Å². The fourth-order valence-electron chi connectivity index (χ4n) is 0.317. The van der Waals surface area contributed by atoms with Gasteiger partial charge >= 0.3 is 0 Å². The summed E-state index contributed by atoms with van der Waals surface area (Å²) in [6.45, 7) is 0.310. The third-order valence-electron chi connectivity index (χ3n) is 0.735. The molecule has 0 aromatic heterocycles. The highest BCUT2D eigenvalue weighted by molar-refractivity contribution is 9.10. The van der Waals surface area contributed by atoms with Crippen LogP contribution in [0.15, 0.2) is 0 Å². The predicted molar refractivity (Wildman–Crippen MR) is 44.2 cm³/mol. The van der Waals surface area contributed by atoms with Crippen molar-refractivity contribution in [3.63, 3.8) is 0 Å². The molecular formula is C5H8BrNO2S. The highest BCUT2D eigenvalue weighted by Gasteiger charge is 2.03. The Hall–Kier alpha value is -0.0500. The Kier molecular flexibility index (Phi) is 4.69. The summed E-state index contributed by atoms with van der Waals surface area (Å²) in [5.41, 5.74) is 0. The van der Waals surface area contributed by atoms with Crippen molar-refractivity contribution in [3.8, 4) is 12.3 Å². The molecule has 58 valence electrons. The van der Waals surface area contributed by atoms with E-state index in [9.17, 15) is 8.42 Å². The molecule has 0 aliphatic carbocycles. The average Bonchev–Trinajstić information content (AvgIpc) is 1.89. The molecule has 0 atom stereocenters. The van der Waals surface area contributed by atoms with Gasteiger partial charge in [-0.05, 0) is 0 Å². The highest BCUT2D eigenvalue weighted by Crippen LogP contribution is 1.89. The lowest BCUT2D eigenvalue weighted by Crippen LogP contribution is -2.24. The van der Waals surface area contributed by atoms with Crippen molar-refractivity contribution in [1.82, 2.24) is 4.72 Å². The Morgan fingerprint density at radius 1 is 1.60 bits per heavy atom. The summed E-state index contributed by atoms with van der Waals surface area (Å²) < 4.78 is 23.5. The van der Waals surface area contributed by atoms with Crippen molar-refractivity contribution in [2.75, 3.05) is 11.2 Å². The number of hydrogen-bond donors (Lipinski definition) is 1.